The average Bonchev–Trinajstić information content (AvgIpc) is 2.80. The molecule has 0 saturated carbocycles. The van der Waals surface area contributed by atoms with Gasteiger partial charge in [0.1, 0.15) is 0 Å². The molecule has 0 aliphatic carbocycles. The maximum Gasteiger partial charge on any atom is 0.0931 e. The van der Waals surface area contributed by atoms with Crippen LogP contribution in [0.25, 0.3) is 0 Å². The van der Waals surface area contributed by atoms with Crippen molar-refractivity contribution in [1.82, 2.24) is 9.80 Å². The number of piperidine rings is 1. The van der Waals surface area contributed by atoms with Crippen LogP contribution < -0.4 is 5.73 Å². The van der Waals surface area contributed by atoms with Crippen LogP contribution in [-0.4, -0.2) is 50.1 Å². The average molecular weight is 302 g/mol. The first-order chi connectivity index (χ1) is 9.10. The van der Waals surface area contributed by atoms with Crippen LogP contribution in [0.3, 0.4) is 0 Å². The zero-order chi connectivity index (χ0) is 13.8. The first kappa shape index (κ1) is 15.3. The highest BCUT2D eigenvalue weighted by Gasteiger charge is 2.23. The van der Waals surface area contributed by atoms with Crippen LogP contribution in [0.2, 0.25) is 4.34 Å². The van der Waals surface area contributed by atoms with Gasteiger partial charge in [-0.2, -0.15) is 0 Å². The second-order valence-electron chi connectivity index (χ2n) is 5.58. The number of likely N-dealkylation sites (tertiary alicyclic amines) is 1. The Hall–Kier alpha value is -0.130. The summed E-state index contributed by atoms with van der Waals surface area (Å²) in [5.74, 6) is 0.797. The lowest BCUT2D eigenvalue weighted by Crippen LogP contribution is -2.38. The van der Waals surface area contributed by atoms with E-state index in [1.165, 1.54) is 30.8 Å². The van der Waals surface area contributed by atoms with E-state index >= 15 is 0 Å². The van der Waals surface area contributed by atoms with Gasteiger partial charge in [-0.25, -0.2) is 0 Å². The van der Waals surface area contributed by atoms with Gasteiger partial charge in [0.25, 0.3) is 0 Å². The monoisotopic (exact) mass is 301 g/mol. The molecular formula is C14H24ClN3S. The largest absolute Gasteiger partial charge is 0.329 e. The molecule has 2 rings (SSSR count). The summed E-state index contributed by atoms with van der Waals surface area (Å²) in [4.78, 5) is 6.09. The zero-order valence-corrected chi connectivity index (χ0v) is 13.4. The smallest absolute Gasteiger partial charge is 0.0931 e. The molecule has 1 aliphatic rings. The summed E-state index contributed by atoms with van der Waals surface area (Å²) in [6.45, 7) is 4.22. The van der Waals surface area contributed by atoms with Gasteiger partial charge >= 0.3 is 0 Å². The molecule has 108 valence electrons. The van der Waals surface area contributed by atoms with Gasteiger partial charge in [-0.1, -0.05) is 11.6 Å². The topological polar surface area (TPSA) is 32.5 Å². The number of hydrogen-bond donors (Lipinski definition) is 1. The van der Waals surface area contributed by atoms with Crippen LogP contribution in [0.15, 0.2) is 12.1 Å². The van der Waals surface area contributed by atoms with E-state index < -0.39 is 0 Å². The van der Waals surface area contributed by atoms with Gasteiger partial charge in [-0.3, -0.25) is 4.90 Å². The van der Waals surface area contributed by atoms with Crippen LogP contribution >= 0.6 is 22.9 Å². The van der Waals surface area contributed by atoms with Crippen LogP contribution in [0.4, 0.5) is 0 Å². The molecule has 1 atom stereocenters. The third-order valence-electron chi connectivity index (χ3n) is 4.06. The van der Waals surface area contributed by atoms with E-state index in [0.29, 0.717) is 12.6 Å². The van der Waals surface area contributed by atoms with Gasteiger partial charge in [-0.15, -0.1) is 11.3 Å². The Balaban J connectivity index is 1.91. The molecule has 2 heterocycles. The molecule has 1 unspecified atom stereocenters. The Morgan fingerprint density at radius 2 is 2.16 bits per heavy atom. The summed E-state index contributed by atoms with van der Waals surface area (Å²) >= 11 is 7.67. The highest BCUT2D eigenvalue weighted by atomic mass is 35.5. The van der Waals surface area contributed by atoms with Crippen molar-refractivity contribution in [2.75, 3.05) is 40.3 Å². The Bertz CT molecular complexity index is 388. The number of halogens is 1. The van der Waals surface area contributed by atoms with Gasteiger partial charge < -0.3 is 10.6 Å². The van der Waals surface area contributed by atoms with Crippen molar-refractivity contribution >= 4 is 22.9 Å². The quantitative estimate of drug-likeness (QED) is 0.907. The molecule has 1 aromatic heterocycles. The highest BCUT2D eigenvalue weighted by molar-refractivity contribution is 7.16. The molecule has 1 aromatic rings. The number of nitrogens with two attached hydrogens (primary N) is 1. The number of rotatable bonds is 5. The van der Waals surface area contributed by atoms with Gasteiger partial charge in [0.15, 0.2) is 0 Å². The van der Waals surface area contributed by atoms with Crippen molar-refractivity contribution in [3.05, 3.63) is 21.3 Å². The van der Waals surface area contributed by atoms with E-state index in [1.54, 1.807) is 11.3 Å². The van der Waals surface area contributed by atoms with Crippen molar-refractivity contribution in [2.24, 2.45) is 11.7 Å². The molecule has 1 fully saturated rings. The van der Waals surface area contributed by atoms with Crippen molar-refractivity contribution in [2.45, 2.75) is 18.9 Å². The first-order valence-corrected chi connectivity index (χ1v) is 8.13. The summed E-state index contributed by atoms with van der Waals surface area (Å²) in [5, 5.41) is 0. The lowest BCUT2D eigenvalue weighted by atomic mass is 9.96. The number of thiophene rings is 1. The zero-order valence-electron chi connectivity index (χ0n) is 11.8. The van der Waals surface area contributed by atoms with Crippen molar-refractivity contribution in [3.8, 4) is 0 Å². The van der Waals surface area contributed by atoms with E-state index in [1.807, 2.05) is 6.07 Å². The molecule has 1 aliphatic heterocycles. The molecule has 3 nitrogen and oxygen atoms in total. The number of hydrogen-bond acceptors (Lipinski definition) is 4. The fourth-order valence-corrected chi connectivity index (χ4v) is 4.04. The van der Waals surface area contributed by atoms with E-state index in [9.17, 15) is 0 Å². The fourth-order valence-electron chi connectivity index (χ4n) is 2.80. The third kappa shape index (κ3) is 4.17. The van der Waals surface area contributed by atoms with E-state index in [-0.39, 0.29) is 0 Å². The standard InChI is InChI=1S/C14H24ClN3S/c1-17-7-5-11(6-8-17)10-18(2)12(9-16)13-3-4-14(15)19-13/h3-4,11-12H,5-10,16H2,1-2H3. The summed E-state index contributed by atoms with van der Waals surface area (Å²) in [7, 11) is 4.39. The fraction of sp³-hybridized carbons (Fsp3) is 0.714. The van der Waals surface area contributed by atoms with Crippen molar-refractivity contribution in [1.29, 1.82) is 0 Å². The summed E-state index contributed by atoms with van der Waals surface area (Å²) < 4.78 is 0.848. The predicted molar refractivity (Wildman–Crippen MR) is 84.0 cm³/mol. The maximum absolute atomic E-state index is 6.03. The minimum Gasteiger partial charge on any atom is -0.329 e. The third-order valence-corrected chi connectivity index (χ3v) is 5.39. The molecule has 0 spiro atoms. The number of likely N-dealkylation sites (N-methyl/N-ethyl adjacent to an activating group) is 1. The van der Waals surface area contributed by atoms with Crippen molar-refractivity contribution < 1.29 is 0 Å². The Kier molecular flexibility index (Phi) is 5.66. The van der Waals surface area contributed by atoms with Gasteiger partial charge in [0, 0.05) is 18.0 Å². The molecule has 19 heavy (non-hydrogen) atoms. The Morgan fingerprint density at radius 1 is 1.47 bits per heavy atom. The Labute approximate surface area is 125 Å². The van der Waals surface area contributed by atoms with Crippen LogP contribution in [0, 0.1) is 5.92 Å². The van der Waals surface area contributed by atoms with E-state index in [4.69, 9.17) is 17.3 Å². The van der Waals surface area contributed by atoms with Gasteiger partial charge in [0.05, 0.1) is 10.4 Å². The summed E-state index contributed by atoms with van der Waals surface area (Å²) in [5.41, 5.74) is 5.96. The van der Waals surface area contributed by atoms with Crippen LogP contribution in [0.1, 0.15) is 23.8 Å². The molecule has 5 heteroatoms. The van der Waals surface area contributed by atoms with E-state index in [0.717, 1.165) is 16.8 Å². The maximum atomic E-state index is 6.03. The van der Waals surface area contributed by atoms with Crippen LogP contribution in [0.5, 0.6) is 0 Å². The first-order valence-electron chi connectivity index (χ1n) is 6.94. The minimum atomic E-state index is 0.303. The minimum absolute atomic E-state index is 0.303. The Morgan fingerprint density at radius 3 is 2.68 bits per heavy atom. The molecule has 0 radical (unpaired) electrons. The second kappa shape index (κ2) is 7.04. The molecule has 1 saturated heterocycles. The molecular weight excluding hydrogens is 278 g/mol. The van der Waals surface area contributed by atoms with Gasteiger partial charge in [0.2, 0.25) is 0 Å². The molecule has 0 aromatic carbocycles. The van der Waals surface area contributed by atoms with Crippen LogP contribution in [-0.2, 0) is 0 Å². The lowest BCUT2D eigenvalue weighted by Gasteiger charge is -2.34. The second-order valence-corrected chi connectivity index (χ2v) is 7.33. The van der Waals surface area contributed by atoms with Crippen molar-refractivity contribution in [3.63, 3.8) is 0 Å². The molecule has 2 N–H and O–H groups in total. The lowest BCUT2D eigenvalue weighted by molar-refractivity contribution is 0.153. The SMILES string of the molecule is CN1CCC(CN(C)C(CN)c2ccc(Cl)s2)CC1. The molecule has 0 bridgehead atoms. The van der Waals surface area contributed by atoms with E-state index in [2.05, 4.69) is 30.0 Å². The summed E-state index contributed by atoms with van der Waals surface area (Å²) in [6, 6.07) is 4.38. The number of nitrogens with zero attached hydrogens (tertiary/aromatic N) is 2. The normalized spacial score (nSPS) is 20.1. The highest BCUT2D eigenvalue weighted by Crippen LogP contribution is 2.30. The summed E-state index contributed by atoms with van der Waals surface area (Å²) in [6.07, 6.45) is 2.59. The van der Waals surface area contributed by atoms with Gasteiger partial charge in [-0.05, 0) is 58.1 Å². The molecule has 0 amide bonds. The predicted octanol–water partition coefficient (Wildman–Crippen LogP) is 2.67.